The molecule has 2 atom stereocenters. The highest BCUT2D eigenvalue weighted by Gasteiger charge is 2.30. The fourth-order valence-corrected chi connectivity index (χ4v) is 2.50. The Labute approximate surface area is 96.4 Å². The Balaban J connectivity index is 1.77. The monoisotopic (exact) mass is 227 g/mol. The standard InChI is InChI=1S/C12H21NO3/c14-9-7-11(13-8-9)12(15)16-10-5-3-1-2-4-6-10/h9-11,13-14H,1-8H2/t9?,11-/m0/s1. The van der Waals surface area contributed by atoms with Crippen LogP contribution in [-0.2, 0) is 9.53 Å². The summed E-state index contributed by atoms with van der Waals surface area (Å²) in [6.07, 6.45) is 7.05. The second-order valence-electron chi connectivity index (χ2n) is 4.90. The van der Waals surface area contributed by atoms with Crippen molar-refractivity contribution < 1.29 is 14.6 Å². The lowest BCUT2D eigenvalue weighted by Crippen LogP contribution is -2.34. The SMILES string of the molecule is O=C(OC1CCCCCC1)[C@@H]1CC(O)CN1. The van der Waals surface area contributed by atoms with Crippen LogP contribution in [0.1, 0.15) is 44.9 Å². The molecule has 1 aliphatic carbocycles. The van der Waals surface area contributed by atoms with E-state index in [0.29, 0.717) is 13.0 Å². The third-order valence-electron chi connectivity index (χ3n) is 3.48. The molecule has 0 bridgehead atoms. The molecule has 1 saturated carbocycles. The van der Waals surface area contributed by atoms with Gasteiger partial charge in [-0.25, -0.2) is 0 Å². The van der Waals surface area contributed by atoms with E-state index in [0.717, 1.165) is 12.8 Å². The second kappa shape index (κ2) is 5.64. The topological polar surface area (TPSA) is 58.6 Å². The van der Waals surface area contributed by atoms with Crippen molar-refractivity contribution in [2.75, 3.05) is 6.54 Å². The van der Waals surface area contributed by atoms with E-state index in [1.54, 1.807) is 0 Å². The van der Waals surface area contributed by atoms with Gasteiger partial charge in [0.1, 0.15) is 12.1 Å². The Morgan fingerprint density at radius 1 is 1.19 bits per heavy atom. The molecule has 0 radical (unpaired) electrons. The average molecular weight is 227 g/mol. The van der Waals surface area contributed by atoms with Crippen molar-refractivity contribution in [3.8, 4) is 0 Å². The van der Waals surface area contributed by atoms with Gasteiger partial charge in [-0.15, -0.1) is 0 Å². The maximum absolute atomic E-state index is 11.8. The van der Waals surface area contributed by atoms with Crippen molar-refractivity contribution >= 4 is 5.97 Å². The number of hydrogen-bond donors (Lipinski definition) is 2. The van der Waals surface area contributed by atoms with Gasteiger partial charge in [0.15, 0.2) is 0 Å². The molecule has 1 aliphatic heterocycles. The van der Waals surface area contributed by atoms with Gasteiger partial charge in [0, 0.05) is 13.0 Å². The van der Waals surface area contributed by atoms with Gasteiger partial charge >= 0.3 is 5.97 Å². The summed E-state index contributed by atoms with van der Waals surface area (Å²) in [5.41, 5.74) is 0. The number of esters is 1. The molecule has 1 unspecified atom stereocenters. The summed E-state index contributed by atoms with van der Waals surface area (Å²) in [6.45, 7) is 0.504. The van der Waals surface area contributed by atoms with Crippen molar-refractivity contribution in [1.29, 1.82) is 0 Å². The molecule has 2 aliphatic rings. The van der Waals surface area contributed by atoms with Crippen LogP contribution in [0.15, 0.2) is 0 Å². The fraction of sp³-hybridized carbons (Fsp3) is 0.917. The summed E-state index contributed by atoms with van der Waals surface area (Å²) in [5.74, 6) is -0.177. The lowest BCUT2D eigenvalue weighted by Gasteiger charge is -2.18. The van der Waals surface area contributed by atoms with Gasteiger partial charge in [-0.05, 0) is 25.7 Å². The Kier molecular flexibility index (Phi) is 4.18. The van der Waals surface area contributed by atoms with Gasteiger partial charge in [-0.3, -0.25) is 4.79 Å². The Bertz CT molecular complexity index is 236. The number of hydrogen-bond acceptors (Lipinski definition) is 4. The normalized spacial score (nSPS) is 32.3. The first kappa shape index (κ1) is 11.9. The van der Waals surface area contributed by atoms with Gasteiger partial charge in [0.05, 0.1) is 6.10 Å². The van der Waals surface area contributed by atoms with Gasteiger partial charge in [0.25, 0.3) is 0 Å². The second-order valence-corrected chi connectivity index (χ2v) is 4.90. The number of aliphatic hydroxyl groups excluding tert-OH is 1. The van der Waals surface area contributed by atoms with Crippen molar-refractivity contribution in [2.45, 2.75) is 63.2 Å². The zero-order chi connectivity index (χ0) is 11.4. The van der Waals surface area contributed by atoms with Crippen LogP contribution in [0.3, 0.4) is 0 Å². The number of rotatable bonds is 2. The van der Waals surface area contributed by atoms with Crippen LogP contribution in [0.25, 0.3) is 0 Å². The molecule has 1 saturated heterocycles. The number of carbonyl (C=O) groups excluding carboxylic acids is 1. The van der Waals surface area contributed by atoms with E-state index in [1.807, 2.05) is 0 Å². The third kappa shape index (κ3) is 3.19. The maximum Gasteiger partial charge on any atom is 0.323 e. The van der Waals surface area contributed by atoms with E-state index in [2.05, 4.69) is 5.32 Å². The molecule has 4 heteroatoms. The molecule has 1 heterocycles. The molecule has 92 valence electrons. The van der Waals surface area contributed by atoms with Crippen molar-refractivity contribution in [2.24, 2.45) is 0 Å². The zero-order valence-electron chi connectivity index (χ0n) is 9.65. The highest BCUT2D eigenvalue weighted by molar-refractivity contribution is 5.76. The average Bonchev–Trinajstić information content (AvgIpc) is 2.54. The number of aliphatic hydroxyl groups is 1. The Morgan fingerprint density at radius 3 is 2.44 bits per heavy atom. The quantitative estimate of drug-likeness (QED) is 0.545. The van der Waals surface area contributed by atoms with Crippen molar-refractivity contribution in [1.82, 2.24) is 5.32 Å². The van der Waals surface area contributed by atoms with Crippen molar-refractivity contribution in [3.63, 3.8) is 0 Å². The first-order valence-corrected chi connectivity index (χ1v) is 6.37. The van der Waals surface area contributed by atoms with Crippen LogP contribution < -0.4 is 5.32 Å². The molecule has 2 rings (SSSR count). The van der Waals surface area contributed by atoms with Crippen LogP contribution in [0.2, 0.25) is 0 Å². The van der Waals surface area contributed by atoms with E-state index in [1.165, 1.54) is 25.7 Å². The Morgan fingerprint density at radius 2 is 1.88 bits per heavy atom. The van der Waals surface area contributed by atoms with E-state index < -0.39 is 6.10 Å². The highest BCUT2D eigenvalue weighted by atomic mass is 16.5. The molecule has 4 nitrogen and oxygen atoms in total. The van der Waals surface area contributed by atoms with Gasteiger partial charge in [0.2, 0.25) is 0 Å². The smallest absolute Gasteiger partial charge is 0.323 e. The van der Waals surface area contributed by atoms with Gasteiger partial charge < -0.3 is 15.2 Å². The van der Waals surface area contributed by atoms with Crippen LogP contribution in [0, 0.1) is 0 Å². The predicted octanol–water partition coefficient (Wildman–Crippen LogP) is 0.975. The molecular weight excluding hydrogens is 206 g/mol. The lowest BCUT2D eigenvalue weighted by atomic mass is 10.1. The van der Waals surface area contributed by atoms with Crippen molar-refractivity contribution in [3.05, 3.63) is 0 Å². The van der Waals surface area contributed by atoms with E-state index in [-0.39, 0.29) is 18.1 Å². The predicted molar refractivity (Wildman–Crippen MR) is 60.0 cm³/mol. The summed E-state index contributed by atoms with van der Waals surface area (Å²) in [4.78, 5) is 11.8. The molecule has 2 fully saturated rings. The molecule has 2 N–H and O–H groups in total. The lowest BCUT2D eigenvalue weighted by molar-refractivity contribution is -0.152. The minimum absolute atomic E-state index is 0.106. The first-order chi connectivity index (χ1) is 7.75. The fourth-order valence-electron chi connectivity index (χ4n) is 2.50. The molecule has 0 amide bonds. The van der Waals surface area contributed by atoms with E-state index >= 15 is 0 Å². The van der Waals surface area contributed by atoms with E-state index in [9.17, 15) is 9.90 Å². The molecular formula is C12H21NO3. The number of ether oxygens (including phenoxy) is 1. The summed E-state index contributed by atoms with van der Waals surface area (Å²) in [5, 5.41) is 12.3. The summed E-state index contributed by atoms with van der Waals surface area (Å²) in [7, 11) is 0. The number of β-amino-alcohol motifs (C(OH)–C–C–N with tert-alkyl or cyclic N) is 1. The minimum Gasteiger partial charge on any atom is -0.461 e. The van der Waals surface area contributed by atoms with Crippen LogP contribution >= 0.6 is 0 Å². The molecule has 0 aromatic rings. The van der Waals surface area contributed by atoms with E-state index in [4.69, 9.17) is 4.74 Å². The van der Waals surface area contributed by atoms with Crippen LogP contribution in [0.5, 0.6) is 0 Å². The molecule has 16 heavy (non-hydrogen) atoms. The third-order valence-corrected chi connectivity index (χ3v) is 3.48. The van der Waals surface area contributed by atoms with Gasteiger partial charge in [-0.2, -0.15) is 0 Å². The summed E-state index contributed by atoms with van der Waals surface area (Å²) < 4.78 is 5.49. The Hall–Kier alpha value is -0.610. The number of nitrogens with one attached hydrogen (secondary N) is 1. The first-order valence-electron chi connectivity index (χ1n) is 6.37. The minimum atomic E-state index is -0.397. The van der Waals surface area contributed by atoms with Crippen LogP contribution in [-0.4, -0.2) is 35.9 Å². The highest BCUT2D eigenvalue weighted by Crippen LogP contribution is 2.21. The van der Waals surface area contributed by atoms with Crippen LogP contribution in [0.4, 0.5) is 0 Å². The summed E-state index contributed by atoms with van der Waals surface area (Å²) >= 11 is 0. The molecule has 0 aromatic heterocycles. The maximum atomic E-state index is 11.8. The zero-order valence-corrected chi connectivity index (χ0v) is 9.65. The van der Waals surface area contributed by atoms with Gasteiger partial charge in [-0.1, -0.05) is 12.8 Å². The summed E-state index contributed by atoms with van der Waals surface area (Å²) in [6, 6.07) is -0.293. The number of carbonyl (C=O) groups is 1. The largest absolute Gasteiger partial charge is 0.461 e. The molecule has 0 aromatic carbocycles. The molecule has 0 spiro atoms.